The molecule has 84 valence electrons. The van der Waals surface area contributed by atoms with Crippen molar-refractivity contribution in [1.82, 2.24) is 0 Å². The van der Waals surface area contributed by atoms with Crippen LogP contribution in [0.5, 0.6) is 0 Å². The molecule has 0 unspecified atom stereocenters. The Kier molecular flexibility index (Phi) is 5.73. The normalized spacial score (nSPS) is 12.0. The van der Waals surface area contributed by atoms with Crippen LogP contribution < -0.4 is 0 Å². The highest BCUT2D eigenvalue weighted by Gasteiger charge is 1.96. The number of aryl methyl sites for hydroxylation is 1. The van der Waals surface area contributed by atoms with Crippen LogP contribution in [0.1, 0.15) is 18.9 Å². The number of hydrogen-bond donors (Lipinski definition) is 0. The van der Waals surface area contributed by atoms with E-state index < -0.39 is 0 Å². The van der Waals surface area contributed by atoms with Crippen LogP contribution in [0.2, 0.25) is 0 Å². The molecule has 16 heavy (non-hydrogen) atoms. The molecule has 0 saturated carbocycles. The van der Waals surface area contributed by atoms with Gasteiger partial charge in [0.2, 0.25) is 0 Å². The molecule has 0 saturated heterocycles. The topological polar surface area (TPSA) is 0 Å². The molecule has 0 aliphatic carbocycles. The molecule has 0 radical (unpaired) electrons. The Hall–Kier alpha value is -1.21. The Morgan fingerprint density at radius 1 is 1.31 bits per heavy atom. The van der Waals surface area contributed by atoms with Crippen molar-refractivity contribution < 1.29 is 0 Å². The summed E-state index contributed by atoms with van der Waals surface area (Å²) in [5.41, 5.74) is 1.29. The molecule has 0 spiro atoms. The van der Waals surface area contributed by atoms with Gasteiger partial charge < -0.3 is 0 Å². The van der Waals surface area contributed by atoms with Gasteiger partial charge in [0, 0.05) is 9.80 Å². The minimum atomic E-state index is 1.06. The molecular weight excluding hydrogens is 212 g/mol. The Balaban J connectivity index is 2.75. The molecule has 1 aromatic carbocycles. The second-order valence-electron chi connectivity index (χ2n) is 3.53. The highest BCUT2D eigenvalue weighted by Crippen LogP contribution is 2.27. The van der Waals surface area contributed by atoms with Crippen LogP contribution in [-0.2, 0) is 0 Å². The first-order valence-electron chi connectivity index (χ1n) is 5.50. The second kappa shape index (κ2) is 7.13. The van der Waals surface area contributed by atoms with E-state index in [0.717, 1.165) is 6.42 Å². The van der Waals surface area contributed by atoms with Gasteiger partial charge in [0.25, 0.3) is 0 Å². The van der Waals surface area contributed by atoms with E-state index >= 15 is 0 Å². The first kappa shape index (κ1) is 12.9. The number of allylic oxidation sites excluding steroid dienone is 4. The van der Waals surface area contributed by atoms with E-state index in [-0.39, 0.29) is 0 Å². The zero-order chi connectivity index (χ0) is 11.8. The van der Waals surface area contributed by atoms with Gasteiger partial charge in [0.15, 0.2) is 0 Å². The zero-order valence-corrected chi connectivity index (χ0v) is 10.8. The van der Waals surface area contributed by atoms with Crippen molar-refractivity contribution in [2.75, 3.05) is 0 Å². The molecule has 1 heteroatoms. The van der Waals surface area contributed by atoms with Gasteiger partial charge in [-0.05, 0) is 31.6 Å². The fraction of sp³-hybridized carbons (Fsp3) is 0.200. The lowest BCUT2D eigenvalue weighted by Crippen LogP contribution is -1.75. The molecule has 0 bridgehead atoms. The first-order chi connectivity index (χ1) is 7.76. The van der Waals surface area contributed by atoms with E-state index in [2.05, 4.69) is 56.8 Å². The summed E-state index contributed by atoms with van der Waals surface area (Å²) < 4.78 is 0. The molecule has 0 N–H and O–H groups in total. The Labute approximate surface area is 103 Å². The van der Waals surface area contributed by atoms with Crippen LogP contribution in [0.15, 0.2) is 64.9 Å². The number of thioether (sulfide) groups is 1. The van der Waals surface area contributed by atoms with Crippen molar-refractivity contribution in [3.05, 3.63) is 65.6 Å². The summed E-state index contributed by atoms with van der Waals surface area (Å²) >= 11 is 1.76. The summed E-state index contributed by atoms with van der Waals surface area (Å²) in [6, 6.07) is 8.57. The van der Waals surface area contributed by atoms with Gasteiger partial charge in [0.05, 0.1) is 0 Å². The van der Waals surface area contributed by atoms with Gasteiger partial charge in [-0.25, -0.2) is 0 Å². The van der Waals surface area contributed by atoms with Crippen molar-refractivity contribution in [2.45, 2.75) is 25.2 Å². The third kappa shape index (κ3) is 4.54. The Morgan fingerprint density at radius 2 is 2.00 bits per heavy atom. The second-order valence-corrected chi connectivity index (χ2v) is 4.68. The molecule has 0 amide bonds. The van der Waals surface area contributed by atoms with Crippen LogP contribution >= 0.6 is 11.8 Å². The fourth-order valence-corrected chi connectivity index (χ4v) is 2.09. The quantitative estimate of drug-likeness (QED) is 0.499. The van der Waals surface area contributed by atoms with E-state index in [0.29, 0.717) is 0 Å². The number of hydrogen-bond acceptors (Lipinski definition) is 1. The maximum absolute atomic E-state index is 3.74. The van der Waals surface area contributed by atoms with Crippen LogP contribution in [0, 0.1) is 6.92 Å². The third-order valence-corrected chi connectivity index (χ3v) is 3.07. The molecule has 1 aromatic rings. The lowest BCUT2D eigenvalue weighted by Gasteiger charge is -2.02. The van der Waals surface area contributed by atoms with Gasteiger partial charge in [-0.1, -0.05) is 61.2 Å². The molecule has 0 heterocycles. The highest BCUT2D eigenvalue weighted by molar-refractivity contribution is 8.03. The maximum Gasteiger partial charge on any atom is 0.0122 e. The van der Waals surface area contributed by atoms with Crippen molar-refractivity contribution in [3.63, 3.8) is 0 Å². The molecule has 0 aliphatic heterocycles. The fourth-order valence-electron chi connectivity index (χ4n) is 1.22. The van der Waals surface area contributed by atoms with Crippen molar-refractivity contribution in [1.29, 1.82) is 0 Å². The Morgan fingerprint density at radius 3 is 2.56 bits per heavy atom. The van der Waals surface area contributed by atoms with E-state index in [4.69, 9.17) is 0 Å². The number of benzene rings is 1. The van der Waals surface area contributed by atoms with E-state index in [1.807, 2.05) is 12.2 Å². The van der Waals surface area contributed by atoms with Crippen LogP contribution in [-0.4, -0.2) is 0 Å². The predicted octanol–water partition coefficient (Wildman–Crippen LogP) is 5.12. The van der Waals surface area contributed by atoms with Crippen LogP contribution in [0.4, 0.5) is 0 Å². The lowest BCUT2D eigenvalue weighted by molar-refractivity contribution is 1.22. The van der Waals surface area contributed by atoms with E-state index in [1.165, 1.54) is 15.4 Å². The Bertz CT molecular complexity index is 382. The molecular formula is C15H18S. The van der Waals surface area contributed by atoms with Gasteiger partial charge in [0.1, 0.15) is 0 Å². The first-order valence-corrected chi connectivity index (χ1v) is 6.31. The molecule has 0 nitrogen and oxygen atoms in total. The average molecular weight is 230 g/mol. The lowest BCUT2D eigenvalue weighted by atomic mass is 10.2. The van der Waals surface area contributed by atoms with E-state index in [1.54, 1.807) is 11.8 Å². The van der Waals surface area contributed by atoms with Crippen LogP contribution in [0.25, 0.3) is 0 Å². The van der Waals surface area contributed by atoms with Crippen molar-refractivity contribution in [2.24, 2.45) is 0 Å². The van der Waals surface area contributed by atoms with Gasteiger partial charge in [-0.2, -0.15) is 0 Å². The van der Waals surface area contributed by atoms with Gasteiger partial charge in [-0.15, -0.1) is 0 Å². The zero-order valence-electron chi connectivity index (χ0n) is 9.94. The molecule has 1 rings (SSSR count). The summed E-state index contributed by atoms with van der Waals surface area (Å²) in [6.45, 7) is 7.98. The third-order valence-electron chi connectivity index (χ3n) is 2.06. The smallest absolute Gasteiger partial charge is 0.0122 e. The predicted molar refractivity (Wildman–Crippen MR) is 74.7 cm³/mol. The summed E-state index contributed by atoms with van der Waals surface area (Å²) in [5, 5.41) is 0. The van der Waals surface area contributed by atoms with Crippen LogP contribution in [0.3, 0.4) is 0 Å². The SMILES string of the molecule is C=C/C=C(\C=C/CC)Sc1ccc(C)cc1. The van der Waals surface area contributed by atoms with Crippen molar-refractivity contribution >= 4 is 11.8 Å². The summed E-state index contributed by atoms with van der Waals surface area (Å²) in [6.07, 6.45) is 9.23. The summed E-state index contributed by atoms with van der Waals surface area (Å²) in [7, 11) is 0. The summed E-state index contributed by atoms with van der Waals surface area (Å²) in [4.78, 5) is 2.49. The monoisotopic (exact) mass is 230 g/mol. The minimum absolute atomic E-state index is 1.06. The van der Waals surface area contributed by atoms with Gasteiger partial charge in [-0.3, -0.25) is 0 Å². The highest BCUT2D eigenvalue weighted by atomic mass is 32.2. The number of rotatable bonds is 5. The van der Waals surface area contributed by atoms with Crippen molar-refractivity contribution in [3.8, 4) is 0 Å². The largest absolute Gasteiger partial charge is 0.0990 e. The average Bonchev–Trinajstić information content (AvgIpc) is 2.29. The molecule has 0 aliphatic rings. The minimum Gasteiger partial charge on any atom is -0.0990 e. The van der Waals surface area contributed by atoms with E-state index in [9.17, 15) is 0 Å². The standard InChI is InChI=1S/C15H18S/c1-4-6-8-14(7-5-2)16-15-11-9-13(3)10-12-15/h5-12H,2,4H2,1,3H3/b8-6-,14-7+. The summed E-state index contributed by atoms with van der Waals surface area (Å²) in [5.74, 6) is 0. The maximum atomic E-state index is 3.74. The molecule has 0 atom stereocenters. The van der Waals surface area contributed by atoms with Gasteiger partial charge >= 0.3 is 0 Å². The molecule has 0 fully saturated rings. The molecule has 0 aromatic heterocycles.